The molecule has 0 saturated heterocycles. The van der Waals surface area contributed by atoms with Gasteiger partial charge in [-0.3, -0.25) is 4.79 Å². The second kappa shape index (κ2) is 8.06. The highest BCUT2D eigenvalue weighted by molar-refractivity contribution is 5.78. The van der Waals surface area contributed by atoms with E-state index in [1.165, 1.54) is 19.3 Å². The molecule has 0 spiro atoms. The molecule has 3 N–H and O–H groups in total. The van der Waals surface area contributed by atoms with Crippen LogP contribution in [0.5, 0.6) is 0 Å². The largest absolute Gasteiger partial charge is 0.350 e. The lowest BCUT2D eigenvalue weighted by Crippen LogP contribution is -2.61. The highest BCUT2D eigenvalue weighted by atomic mass is 16.2. The summed E-state index contributed by atoms with van der Waals surface area (Å²) < 4.78 is 0. The maximum Gasteiger partial charge on any atom is 0.315 e. The predicted molar refractivity (Wildman–Crippen MR) is 110 cm³/mol. The maximum absolute atomic E-state index is 12.4. The van der Waals surface area contributed by atoms with E-state index in [0.29, 0.717) is 12.1 Å². The molecule has 5 rings (SSSR count). The summed E-state index contributed by atoms with van der Waals surface area (Å²) in [6.45, 7) is 2.23. The van der Waals surface area contributed by atoms with Crippen molar-refractivity contribution >= 4 is 11.9 Å². The number of nitrogens with one attached hydrogen (secondary N) is 3. The highest BCUT2D eigenvalue weighted by Gasteiger charge is 2.51. The minimum Gasteiger partial charge on any atom is -0.350 e. The van der Waals surface area contributed by atoms with Crippen molar-refractivity contribution in [3.63, 3.8) is 0 Å². The molecule has 154 valence electrons. The number of hydrogen-bond acceptors (Lipinski definition) is 3. The Morgan fingerprint density at radius 3 is 2.24 bits per heavy atom. The van der Waals surface area contributed by atoms with E-state index in [1.807, 2.05) is 19.1 Å². The van der Waals surface area contributed by atoms with Crippen LogP contribution in [0.25, 0.3) is 0 Å². The van der Waals surface area contributed by atoms with Gasteiger partial charge in [-0.05, 0) is 80.9 Å². The Bertz CT molecular complexity index is 776. The van der Waals surface area contributed by atoms with E-state index in [-0.39, 0.29) is 29.9 Å². The van der Waals surface area contributed by atoms with Gasteiger partial charge in [0.15, 0.2) is 0 Å². The molecule has 4 aliphatic carbocycles. The Hall–Kier alpha value is -2.55. The minimum atomic E-state index is -0.143. The van der Waals surface area contributed by atoms with Gasteiger partial charge in [-0.1, -0.05) is 12.1 Å². The van der Waals surface area contributed by atoms with E-state index < -0.39 is 0 Å². The molecular weight excluding hydrogens is 364 g/mol. The van der Waals surface area contributed by atoms with E-state index in [4.69, 9.17) is 5.26 Å². The van der Waals surface area contributed by atoms with Crippen molar-refractivity contribution < 1.29 is 9.59 Å². The van der Waals surface area contributed by atoms with Crippen molar-refractivity contribution in [1.82, 2.24) is 16.0 Å². The van der Waals surface area contributed by atoms with Crippen molar-refractivity contribution in [3.8, 4) is 6.07 Å². The number of carbonyl (C=O) groups is 2. The number of carbonyl (C=O) groups excluding carboxylic acids is 2. The van der Waals surface area contributed by atoms with E-state index in [2.05, 4.69) is 22.0 Å². The quantitative estimate of drug-likeness (QED) is 0.690. The summed E-state index contributed by atoms with van der Waals surface area (Å²) >= 11 is 0. The summed E-state index contributed by atoms with van der Waals surface area (Å²) in [7, 11) is 0. The molecule has 4 fully saturated rings. The van der Waals surface area contributed by atoms with Crippen LogP contribution in [0.15, 0.2) is 24.3 Å². The van der Waals surface area contributed by atoms with E-state index in [1.54, 1.807) is 12.1 Å². The van der Waals surface area contributed by atoms with Gasteiger partial charge in [-0.25, -0.2) is 4.79 Å². The van der Waals surface area contributed by atoms with Crippen molar-refractivity contribution in [1.29, 1.82) is 5.26 Å². The summed E-state index contributed by atoms with van der Waals surface area (Å²) in [5.41, 5.74) is 1.54. The van der Waals surface area contributed by atoms with E-state index >= 15 is 0 Å². The number of nitrogens with zero attached hydrogens (tertiary/aromatic N) is 1. The molecule has 1 aromatic carbocycles. The molecule has 0 aromatic heterocycles. The average Bonchev–Trinajstić information content (AvgIpc) is 2.66. The SMILES string of the molecule is CC(NC(=O)CCNC(=O)NC12CC3CC(CC(C3)C1)C2)c1ccc(C#N)cc1. The summed E-state index contributed by atoms with van der Waals surface area (Å²) in [4.78, 5) is 24.6. The zero-order chi connectivity index (χ0) is 20.4. The number of amides is 3. The molecule has 0 radical (unpaired) electrons. The first-order valence-electron chi connectivity index (χ1n) is 10.8. The lowest BCUT2D eigenvalue weighted by molar-refractivity contribution is -0.121. The molecule has 4 aliphatic rings. The van der Waals surface area contributed by atoms with Gasteiger partial charge in [0.25, 0.3) is 0 Å². The van der Waals surface area contributed by atoms with Crippen molar-refractivity contribution in [2.75, 3.05) is 6.54 Å². The molecule has 1 atom stereocenters. The lowest BCUT2D eigenvalue weighted by Gasteiger charge is -2.56. The van der Waals surface area contributed by atoms with E-state index in [0.717, 1.165) is 42.6 Å². The number of urea groups is 1. The third kappa shape index (κ3) is 4.55. The van der Waals surface area contributed by atoms with Gasteiger partial charge in [0.05, 0.1) is 17.7 Å². The first kappa shape index (κ1) is 19.8. The number of benzene rings is 1. The van der Waals surface area contributed by atoms with Gasteiger partial charge >= 0.3 is 6.03 Å². The molecule has 1 unspecified atom stereocenters. The summed E-state index contributed by atoms with van der Waals surface area (Å²) in [5.74, 6) is 2.26. The average molecular weight is 395 g/mol. The van der Waals surface area contributed by atoms with Crippen molar-refractivity contribution in [3.05, 3.63) is 35.4 Å². The normalized spacial score (nSPS) is 30.3. The highest BCUT2D eigenvalue weighted by Crippen LogP contribution is 2.55. The Labute approximate surface area is 172 Å². The van der Waals surface area contributed by atoms with Crippen LogP contribution >= 0.6 is 0 Å². The first-order valence-corrected chi connectivity index (χ1v) is 10.8. The molecule has 29 heavy (non-hydrogen) atoms. The molecule has 0 heterocycles. The number of nitriles is 1. The maximum atomic E-state index is 12.4. The second-order valence-corrected chi connectivity index (χ2v) is 9.35. The zero-order valence-electron chi connectivity index (χ0n) is 17.0. The van der Waals surface area contributed by atoms with Gasteiger partial charge < -0.3 is 16.0 Å². The number of rotatable bonds is 6. The van der Waals surface area contributed by atoms with Crippen LogP contribution in [0.2, 0.25) is 0 Å². The first-order chi connectivity index (χ1) is 13.9. The molecular formula is C23H30N4O2. The lowest BCUT2D eigenvalue weighted by atomic mass is 9.53. The van der Waals surface area contributed by atoms with E-state index in [9.17, 15) is 9.59 Å². The third-order valence-electron chi connectivity index (χ3n) is 6.97. The topological polar surface area (TPSA) is 94.0 Å². The fourth-order valence-corrected chi connectivity index (χ4v) is 6.08. The molecule has 3 amide bonds. The van der Waals surface area contributed by atoms with Crippen LogP contribution in [0.3, 0.4) is 0 Å². The van der Waals surface area contributed by atoms with Crippen LogP contribution in [-0.2, 0) is 4.79 Å². The standard InChI is InChI=1S/C23H30N4O2/c1-15(20-4-2-16(14-24)3-5-20)26-21(28)6-7-25-22(29)27-23-11-17-8-18(12-23)10-19(9-17)13-23/h2-5,15,17-19H,6-13H2,1H3,(H,26,28)(H2,25,27,29). The Kier molecular flexibility index (Phi) is 5.49. The van der Waals surface area contributed by atoms with Crippen LogP contribution in [0.1, 0.15) is 69.0 Å². The third-order valence-corrected chi connectivity index (χ3v) is 6.97. The number of hydrogen-bond donors (Lipinski definition) is 3. The second-order valence-electron chi connectivity index (χ2n) is 9.35. The van der Waals surface area contributed by atoms with Crippen LogP contribution in [0, 0.1) is 29.1 Å². The summed E-state index contributed by atoms with van der Waals surface area (Å²) in [6, 6.07) is 8.99. The van der Waals surface area contributed by atoms with Crippen molar-refractivity contribution in [2.24, 2.45) is 17.8 Å². The molecule has 0 aliphatic heterocycles. The fraction of sp³-hybridized carbons (Fsp3) is 0.609. The molecule has 6 nitrogen and oxygen atoms in total. The van der Waals surface area contributed by atoms with Gasteiger partial charge in [0.2, 0.25) is 5.91 Å². The van der Waals surface area contributed by atoms with Crippen LogP contribution < -0.4 is 16.0 Å². The molecule has 1 aromatic rings. The minimum absolute atomic E-state index is 0.00873. The van der Waals surface area contributed by atoms with Gasteiger partial charge in [-0.15, -0.1) is 0 Å². The zero-order valence-corrected chi connectivity index (χ0v) is 17.0. The van der Waals surface area contributed by atoms with Gasteiger partial charge in [0.1, 0.15) is 0 Å². The monoisotopic (exact) mass is 394 g/mol. The van der Waals surface area contributed by atoms with Crippen LogP contribution in [0.4, 0.5) is 4.79 Å². The molecule has 4 bridgehead atoms. The summed E-state index contributed by atoms with van der Waals surface area (Å²) in [6.07, 6.45) is 7.65. The Balaban J connectivity index is 1.19. The molecule has 4 saturated carbocycles. The predicted octanol–water partition coefficient (Wildman–Crippen LogP) is 3.39. The van der Waals surface area contributed by atoms with Gasteiger partial charge in [-0.2, -0.15) is 5.26 Å². The smallest absolute Gasteiger partial charge is 0.315 e. The van der Waals surface area contributed by atoms with Crippen LogP contribution in [-0.4, -0.2) is 24.0 Å². The van der Waals surface area contributed by atoms with Gasteiger partial charge in [0, 0.05) is 18.5 Å². The Morgan fingerprint density at radius 2 is 1.69 bits per heavy atom. The Morgan fingerprint density at radius 1 is 1.10 bits per heavy atom. The summed E-state index contributed by atoms with van der Waals surface area (Å²) in [5, 5.41) is 17.9. The fourth-order valence-electron chi connectivity index (χ4n) is 6.08. The van der Waals surface area contributed by atoms with Crippen molar-refractivity contribution in [2.45, 2.75) is 63.5 Å². The molecule has 6 heteroatoms.